The van der Waals surface area contributed by atoms with Crippen LogP contribution in [0.1, 0.15) is 24.8 Å². The molecule has 1 atom stereocenters. The van der Waals surface area contributed by atoms with Crippen LogP contribution in [0.25, 0.3) is 10.2 Å². The van der Waals surface area contributed by atoms with Gasteiger partial charge in [0.05, 0.1) is 15.2 Å². The van der Waals surface area contributed by atoms with Crippen LogP contribution in [-0.4, -0.2) is 11.0 Å². The Morgan fingerprint density at radius 2 is 2.20 bits per heavy atom. The van der Waals surface area contributed by atoms with Crippen molar-refractivity contribution in [3.05, 3.63) is 29.3 Å². The lowest BCUT2D eigenvalue weighted by molar-refractivity contribution is 0.623. The van der Waals surface area contributed by atoms with Crippen LogP contribution in [0.15, 0.2) is 24.3 Å². The van der Waals surface area contributed by atoms with Crippen LogP contribution >= 0.6 is 11.3 Å². The standard InChI is InChI=1S/C12H16N2S/c1-9(13)5-4-8-12-14-10-6-2-3-7-11(10)15-12/h2-3,6-7,9H,4-5,8,13H2,1H3. The Hall–Kier alpha value is -0.930. The minimum atomic E-state index is 0.305. The van der Waals surface area contributed by atoms with Crippen molar-refractivity contribution in [2.45, 2.75) is 32.2 Å². The molecule has 2 N–H and O–H groups in total. The molecule has 0 aliphatic rings. The Bertz CT molecular complexity index is 401. The van der Waals surface area contributed by atoms with E-state index in [9.17, 15) is 0 Å². The van der Waals surface area contributed by atoms with Crippen LogP contribution in [0.4, 0.5) is 0 Å². The number of benzene rings is 1. The van der Waals surface area contributed by atoms with Gasteiger partial charge in [-0.25, -0.2) is 4.98 Å². The van der Waals surface area contributed by atoms with Gasteiger partial charge in [0.25, 0.3) is 0 Å². The second-order valence-corrected chi connectivity index (χ2v) is 5.06. The normalized spacial score (nSPS) is 13.2. The van der Waals surface area contributed by atoms with E-state index in [0.717, 1.165) is 24.8 Å². The van der Waals surface area contributed by atoms with Gasteiger partial charge in [0.1, 0.15) is 0 Å². The summed E-state index contributed by atoms with van der Waals surface area (Å²) in [6.45, 7) is 2.05. The van der Waals surface area contributed by atoms with Gasteiger partial charge in [-0.1, -0.05) is 12.1 Å². The fraction of sp³-hybridized carbons (Fsp3) is 0.417. The van der Waals surface area contributed by atoms with Crippen LogP contribution in [0.2, 0.25) is 0 Å². The van der Waals surface area contributed by atoms with Crippen LogP contribution in [-0.2, 0) is 6.42 Å². The summed E-state index contributed by atoms with van der Waals surface area (Å²) in [4.78, 5) is 4.59. The molecule has 0 bridgehead atoms. The van der Waals surface area contributed by atoms with Gasteiger partial charge in [-0.2, -0.15) is 0 Å². The molecule has 0 aliphatic heterocycles. The number of hydrogen-bond donors (Lipinski definition) is 1. The molecule has 3 heteroatoms. The smallest absolute Gasteiger partial charge is 0.0938 e. The van der Waals surface area contributed by atoms with E-state index in [2.05, 4.69) is 30.1 Å². The number of aromatic nitrogens is 1. The molecule has 0 radical (unpaired) electrons. The number of para-hydroxylation sites is 1. The first-order valence-corrected chi connectivity index (χ1v) is 6.17. The summed E-state index contributed by atoms with van der Waals surface area (Å²) in [5.41, 5.74) is 6.84. The number of nitrogens with zero attached hydrogens (tertiary/aromatic N) is 1. The SMILES string of the molecule is CC(N)CCCc1nc2ccccc2s1. The number of aryl methyl sites for hydroxylation is 1. The zero-order chi connectivity index (χ0) is 10.7. The average molecular weight is 220 g/mol. The first-order chi connectivity index (χ1) is 7.25. The van der Waals surface area contributed by atoms with E-state index in [4.69, 9.17) is 5.73 Å². The van der Waals surface area contributed by atoms with Crippen molar-refractivity contribution in [3.8, 4) is 0 Å². The first-order valence-electron chi connectivity index (χ1n) is 5.36. The fourth-order valence-electron chi connectivity index (χ4n) is 1.60. The molecule has 0 aliphatic carbocycles. The van der Waals surface area contributed by atoms with Crippen molar-refractivity contribution in [1.29, 1.82) is 0 Å². The predicted molar refractivity (Wildman–Crippen MR) is 66.2 cm³/mol. The molecule has 0 saturated heterocycles. The predicted octanol–water partition coefficient (Wildman–Crippen LogP) is 2.97. The minimum absolute atomic E-state index is 0.305. The molecule has 1 unspecified atom stereocenters. The Balaban J connectivity index is 2.03. The van der Waals surface area contributed by atoms with Crippen molar-refractivity contribution < 1.29 is 0 Å². The van der Waals surface area contributed by atoms with Crippen molar-refractivity contribution in [1.82, 2.24) is 4.98 Å². The summed E-state index contributed by atoms with van der Waals surface area (Å²) >= 11 is 1.80. The Morgan fingerprint density at radius 3 is 2.93 bits per heavy atom. The highest BCUT2D eigenvalue weighted by Crippen LogP contribution is 2.22. The van der Waals surface area contributed by atoms with Crippen molar-refractivity contribution in [2.24, 2.45) is 5.73 Å². The first kappa shape index (κ1) is 10.6. The molecule has 2 aromatic rings. The molecular weight excluding hydrogens is 204 g/mol. The molecule has 1 aromatic carbocycles. The number of thiazole rings is 1. The Kier molecular flexibility index (Phi) is 3.34. The van der Waals surface area contributed by atoms with Gasteiger partial charge in [-0.05, 0) is 38.3 Å². The Labute approximate surface area is 94.1 Å². The van der Waals surface area contributed by atoms with E-state index in [1.807, 2.05) is 6.07 Å². The van der Waals surface area contributed by atoms with E-state index >= 15 is 0 Å². The fourth-order valence-corrected chi connectivity index (χ4v) is 2.61. The molecule has 2 nitrogen and oxygen atoms in total. The lowest BCUT2D eigenvalue weighted by atomic mass is 10.1. The largest absolute Gasteiger partial charge is 0.328 e. The molecule has 1 heterocycles. The van der Waals surface area contributed by atoms with Crippen LogP contribution in [0.5, 0.6) is 0 Å². The lowest BCUT2D eigenvalue weighted by Gasteiger charge is -2.01. The van der Waals surface area contributed by atoms with Crippen LogP contribution in [0, 0.1) is 0 Å². The van der Waals surface area contributed by atoms with Gasteiger partial charge >= 0.3 is 0 Å². The summed E-state index contributed by atoms with van der Waals surface area (Å²) in [6.07, 6.45) is 3.27. The van der Waals surface area contributed by atoms with Gasteiger partial charge in [0.2, 0.25) is 0 Å². The summed E-state index contributed by atoms with van der Waals surface area (Å²) < 4.78 is 1.29. The lowest BCUT2D eigenvalue weighted by Crippen LogP contribution is -2.14. The second-order valence-electron chi connectivity index (χ2n) is 3.94. The number of nitrogens with two attached hydrogens (primary N) is 1. The molecule has 1 aromatic heterocycles. The number of hydrogen-bond acceptors (Lipinski definition) is 3. The molecule has 0 amide bonds. The van der Waals surface area contributed by atoms with E-state index in [1.54, 1.807) is 11.3 Å². The molecule has 0 spiro atoms. The monoisotopic (exact) mass is 220 g/mol. The minimum Gasteiger partial charge on any atom is -0.328 e. The van der Waals surface area contributed by atoms with Gasteiger partial charge in [-0.15, -0.1) is 11.3 Å². The zero-order valence-electron chi connectivity index (χ0n) is 8.94. The maximum absolute atomic E-state index is 5.71. The summed E-state index contributed by atoms with van der Waals surface area (Å²) in [5.74, 6) is 0. The third kappa shape index (κ3) is 2.76. The van der Waals surface area contributed by atoms with Gasteiger partial charge < -0.3 is 5.73 Å². The Morgan fingerprint density at radius 1 is 1.40 bits per heavy atom. The van der Waals surface area contributed by atoms with Crippen molar-refractivity contribution in [3.63, 3.8) is 0 Å². The quantitative estimate of drug-likeness (QED) is 0.860. The summed E-state index contributed by atoms with van der Waals surface area (Å²) in [5, 5.41) is 1.23. The van der Waals surface area contributed by atoms with Gasteiger partial charge in [-0.3, -0.25) is 0 Å². The highest BCUT2D eigenvalue weighted by atomic mass is 32.1. The molecular formula is C12H16N2S. The van der Waals surface area contributed by atoms with E-state index in [-0.39, 0.29) is 0 Å². The molecule has 0 saturated carbocycles. The highest BCUT2D eigenvalue weighted by molar-refractivity contribution is 7.18. The number of fused-ring (bicyclic) bond motifs is 1. The topological polar surface area (TPSA) is 38.9 Å². The van der Waals surface area contributed by atoms with Gasteiger partial charge in [0, 0.05) is 6.04 Å². The van der Waals surface area contributed by atoms with Crippen LogP contribution in [0.3, 0.4) is 0 Å². The molecule has 0 fully saturated rings. The number of rotatable bonds is 4. The van der Waals surface area contributed by atoms with E-state index in [1.165, 1.54) is 9.71 Å². The van der Waals surface area contributed by atoms with E-state index in [0.29, 0.717) is 6.04 Å². The third-order valence-corrected chi connectivity index (χ3v) is 3.48. The summed E-state index contributed by atoms with van der Waals surface area (Å²) in [7, 11) is 0. The summed E-state index contributed by atoms with van der Waals surface area (Å²) in [6, 6.07) is 8.60. The molecule has 2 rings (SSSR count). The van der Waals surface area contributed by atoms with Gasteiger partial charge in [0.15, 0.2) is 0 Å². The third-order valence-electron chi connectivity index (χ3n) is 2.39. The second kappa shape index (κ2) is 4.73. The van der Waals surface area contributed by atoms with Crippen molar-refractivity contribution >= 4 is 21.6 Å². The molecule has 80 valence electrons. The van der Waals surface area contributed by atoms with E-state index < -0.39 is 0 Å². The molecule has 15 heavy (non-hydrogen) atoms. The average Bonchev–Trinajstić information content (AvgIpc) is 2.59. The maximum Gasteiger partial charge on any atom is 0.0938 e. The maximum atomic E-state index is 5.71. The van der Waals surface area contributed by atoms with Crippen LogP contribution < -0.4 is 5.73 Å². The highest BCUT2D eigenvalue weighted by Gasteiger charge is 2.03. The zero-order valence-corrected chi connectivity index (χ0v) is 9.76. The van der Waals surface area contributed by atoms with Crippen molar-refractivity contribution in [2.75, 3.05) is 0 Å².